The fourth-order valence-electron chi connectivity index (χ4n) is 1.81. The van der Waals surface area contributed by atoms with Gasteiger partial charge in [0.15, 0.2) is 0 Å². The van der Waals surface area contributed by atoms with E-state index in [1.807, 2.05) is 0 Å². The first kappa shape index (κ1) is 16.5. The van der Waals surface area contributed by atoms with Gasteiger partial charge in [0.2, 0.25) is 0 Å². The van der Waals surface area contributed by atoms with E-state index in [9.17, 15) is 25.0 Å². The number of aliphatic carboxylic acids is 1. The van der Waals surface area contributed by atoms with Crippen LogP contribution in [0.15, 0.2) is 18.2 Å². The van der Waals surface area contributed by atoms with Crippen molar-refractivity contribution in [1.82, 2.24) is 4.90 Å². The summed E-state index contributed by atoms with van der Waals surface area (Å²) in [6.45, 7) is 2.73. The van der Waals surface area contributed by atoms with Crippen molar-refractivity contribution in [2.45, 2.75) is 19.9 Å². The smallest absolute Gasteiger partial charge is 0.304 e. The van der Waals surface area contributed by atoms with Gasteiger partial charge < -0.3 is 5.11 Å². The molecule has 21 heavy (non-hydrogen) atoms. The number of nitro benzene ring substituents is 2. The molecule has 0 radical (unpaired) electrons. The lowest BCUT2D eigenvalue weighted by Crippen LogP contribution is -2.26. The first-order valence-electron chi connectivity index (χ1n) is 6.21. The lowest BCUT2D eigenvalue weighted by molar-refractivity contribution is -0.394. The number of benzene rings is 1. The molecule has 114 valence electrons. The molecule has 1 aromatic carbocycles. The molecule has 0 unspecified atom stereocenters. The second kappa shape index (κ2) is 7.29. The predicted octanol–water partition coefficient (Wildman–Crippen LogP) is 1.80. The monoisotopic (exact) mass is 297 g/mol. The molecule has 0 fully saturated rings. The van der Waals surface area contributed by atoms with Crippen LogP contribution in [0.2, 0.25) is 0 Å². The number of carboxylic acids is 1. The van der Waals surface area contributed by atoms with Crippen LogP contribution in [-0.2, 0) is 11.3 Å². The molecule has 0 saturated carbocycles. The van der Waals surface area contributed by atoms with E-state index in [-0.39, 0.29) is 30.9 Å². The zero-order chi connectivity index (χ0) is 16.0. The van der Waals surface area contributed by atoms with Crippen LogP contribution in [0.1, 0.15) is 18.9 Å². The van der Waals surface area contributed by atoms with Gasteiger partial charge in [0.1, 0.15) is 0 Å². The molecule has 0 spiro atoms. The summed E-state index contributed by atoms with van der Waals surface area (Å²) < 4.78 is 0. The summed E-state index contributed by atoms with van der Waals surface area (Å²) in [6.07, 6.45) is -0.0748. The van der Waals surface area contributed by atoms with Crippen LogP contribution in [-0.4, -0.2) is 38.9 Å². The molecule has 1 aromatic rings. The van der Waals surface area contributed by atoms with Crippen molar-refractivity contribution < 1.29 is 19.7 Å². The van der Waals surface area contributed by atoms with Crippen molar-refractivity contribution in [2.24, 2.45) is 0 Å². The van der Waals surface area contributed by atoms with Gasteiger partial charge in [0, 0.05) is 24.7 Å². The van der Waals surface area contributed by atoms with Gasteiger partial charge in [0.25, 0.3) is 11.4 Å². The van der Waals surface area contributed by atoms with E-state index in [0.717, 1.165) is 6.07 Å². The van der Waals surface area contributed by atoms with E-state index in [4.69, 9.17) is 5.11 Å². The van der Waals surface area contributed by atoms with Crippen molar-refractivity contribution in [3.8, 4) is 0 Å². The topological polar surface area (TPSA) is 127 Å². The third-order valence-corrected chi connectivity index (χ3v) is 2.96. The van der Waals surface area contributed by atoms with Gasteiger partial charge in [-0.25, -0.2) is 0 Å². The predicted molar refractivity (Wildman–Crippen MR) is 73.0 cm³/mol. The van der Waals surface area contributed by atoms with E-state index < -0.39 is 15.8 Å². The Balaban J connectivity index is 2.97. The SMILES string of the molecule is CCN(CCC(=O)O)Cc1ccc([N+](=O)[O-])cc1[N+](=O)[O-]. The third-order valence-electron chi connectivity index (χ3n) is 2.96. The van der Waals surface area contributed by atoms with Gasteiger partial charge in [-0.1, -0.05) is 6.92 Å². The van der Waals surface area contributed by atoms with Gasteiger partial charge in [0.05, 0.1) is 22.3 Å². The number of non-ortho nitro benzene ring substituents is 1. The number of rotatable bonds is 8. The minimum absolute atomic E-state index is 0.0748. The molecule has 0 amide bonds. The molecule has 9 heteroatoms. The van der Waals surface area contributed by atoms with E-state index >= 15 is 0 Å². The molecule has 0 saturated heterocycles. The highest BCUT2D eigenvalue weighted by molar-refractivity contribution is 5.66. The number of carboxylic acid groups (broad SMARTS) is 1. The molecular weight excluding hydrogens is 282 g/mol. The maximum Gasteiger partial charge on any atom is 0.304 e. The molecule has 0 aliphatic rings. The molecule has 9 nitrogen and oxygen atoms in total. The van der Waals surface area contributed by atoms with Crippen LogP contribution in [0.5, 0.6) is 0 Å². The van der Waals surface area contributed by atoms with E-state index in [1.165, 1.54) is 12.1 Å². The van der Waals surface area contributed by atoms with Crippen LogP contribution in [0.25, 0.3) is 0 Å². The van der Waals surface area contributed by atoms with Gasteiger partial charge in [-0.05, 0) is 12.6 Å². The van der Waals surface area contributed by atoms with Crippen LogP contribution in [0.3, 0.4) is 0 Å². The van der Waals surface area contributed by atoms with Crippen LogP contribution >= 0.6 is 0 Å². The standard InChI is InChI=1S/C12H15N3O6/c1-2-13(6-5-12(16)17)8-9-3-4-10(14(18)19)7-11(9)15(20)21/h3-4,7H,2,5-6,8H2,1H3,(H,16,17). The van der Waals surface area contributed by atoms with Crippen molar-refractivity contribution in [3.63, 3.8) is 0 Å². The number of nitrogens with zero attached hydrogens (tertiary/aromatic N) is 3. The van der Waals surface area contributed by atoms with E-state index in [2.05, 4.69) is 0 Å². The summed E-state index contributed by atoms with van der Waals surface area (Å²) in [5, 5.41) is 30.3. The molecule has 0 atom stereocenters. The number of hydrogen-bond acceptors (Lipinski definition) is 6. The molecule has 0 bridgehead atoms. The van der Waals surface area contributed by atoms with Crippen LogP contribution < -0.4 is 0 Å². The Morgan fingerprint density at radius 2 is 1.95 bits per heavy atom. The highest BCUT2D eigenvalue weighted by Crippen LogP contribution is 2.25. The summed E-state index contributed by atoms with van der Waals surface area (Å²) in [4.78, 5) is 32.6. The lowest BCUT2D eigenvalue weighted by atomic mass is 10.1. The highest BCUT2D eigenvalue weighted by atomic mass is 16.6. The second-order valence-corrected chi connectivity index (χ2v) is 4.34. The van der Waals surface area contributed by atoms with Crippen molar-refractivity contribution >= 4 is 17.3 Å². The van der Waals surface area contributed by atoms with Gasteiger partial charge in [-0.3, -0.25) is 29.9 Å². The summed E-state index contributed by atoms with van der Waals surface area (Å²) in [5.41, 5.74) is -0.366. The van der Waals surface area contributed by atoms with Crippen LogP contribution in [0, 0.1) is 20.2 Å². The van der Waals surface area contributed by atoms with Crippen molar-refractivity contribution in [3.05, 3.63) is 44.0 Å². The summed E-state index contributed by atoms with van der Waals surface area (Å²) in [6, 6.07) is 3.45. The Morgan fingerprint density at radius 3 is 2.43 bits per heavy atom. The van der Waals surface area contributed by atoms with Crippen molar-refractivity contribution in [1.29, 1.82) is 0 Å². The maximum atomic E-state index is 11.0. The first-order valence-corrected chi connectivity index (χ1v) is 6.21. The fourth-order valence-corrected chi connectivity index (χ4v) is 1.81. The third kappa shape index (κ3) is 4.80. The van der Waals surface area contributed by atoms with Gasteiger partial charge in [-0.2, -0.15) is 0 Å². The molecule has 1 rings (SSSR count). The van der Waals surface area contributed by atoms with E-state index in [1.54, 1.807) is 11.8 Å². The molecule has 0 aromatic heterocycles. The van der Waals surface area contributed by atoms with Crippen LogP contribution in [0.4, 0.5) is 11.4 Å². The number of hydrogen-bond donors (Lipinski definition) is 1. The first-order chi connectivity index (χ1) is 9.85. The number of carbonyl (C=O) groups is 1. The van der Waals surface area contributed by atoms with Gasteiger partial charge >= 0.3 is 5.97 Å². The summed E-state index contributed by atoms with van der Waals surface area (Å²) in [5.74, 6) is -0.952. The van der Waals surface area contributed by atoms with Gasteiger partial charge in [-0.15, -0.1) is 0 Å². The minimum atomic E-state index is -0.952. The molecule has 0 heterocycles. The fraction of sp³-hybridized carbons (Fsp3) is 0.417. The molecular formula is C12H15N3O6. The molecule has 0 aliphatic carbocycles. The second-order valence-electron chi connectivity index (χ2n) is 4.34. The normalized spacial score (nSPS) is 10.6. The van der Waals surface area contributed by atoms with E-state index in [0.29, 0.717) is 12.1 Å². The zero-order valence-electron chi connectivity index (χ0n) is 11.4. The molecule has 0 aliphatic heterocycles. The summed E-state index contributed by atoms with van der Waals surface area (Å²) in [7, 11) is 0. The van der Waals surface area contributed by atoms with Crippen molar-refractivity contribution in [2.75, 3.05) is 13.1 Å². The zero-order valence-corrected chi connectivity index (χ0v) is 11.4. The average molecular weight is 297 g/mol. The molecule has 1 N–H and O–H groups in total. The lowest BCUT2D eigenvalue weighted by Gasteiger charge is -2.19. The largest absolute Gasteiger partial charge is 0.481 e. The minimum Gasteiger partial charge on any atom is -0.481 e. The Morgan fingerprint density at radius 1 is 1.29 bits per heavy atom. The Bertz CT molecular complexity index is 560. The number of nitro groups is 2. The Kier molecular flexibility index (Phi) is 5.73. The Hall–Kier alpha value is -2.55. The quantitative estimate of drug-likeness (QED) is 0.572. The average Bonchev–Trinajstić information content (AvgIpc) is 2.42. The summed E-state index contributed by atoms with van der Waals surface area (Å²) >= 11 is 0. The highest BCUT2D eigenvalue weighted by Gasteiger charge is 2.20. The maximum absolute atomic E-state index is 11.0. The Labute approximate surface area is 120 Å².